The van der Waals surface area contributed by atoms with E-state index in [4.69, 9.17) is 9.26 Å². The largest absolute Gasteiger partial charge is 0.524 e. The molecule has 2 aromatic rings. The van der Waals surface area contributed by atoms with Crippen LogP contribution in [0.4, 0.5) is 5.69 Å². The number of nitrogens with zero attached hydrogens (tertiary/aromatic N) is 3. The van der Waals surface area contributed by atoms with Gasteiger partial charge >= 0.3 is 19.8 Å². The first-order valence-corrected chi connectivity index (χ1v) is 30.0. The van der Waals surface area contributed by atoms with Gasteiger partial charge in [0.2, 0.25) is 11.8 Å². The maximum atomic E-state index is 14.4. The third-order valence-electron chi connectivity index (χ3n) is 13.3. The van der Waals surface area contributed by atoms with E-state index >= 15 is 0 Å². The number of ketones is 2. The predicted octanol–water partition coefficient (Wildman–Crippen LogP) is 9.29. The van der Waals surface area contributed by atoms with Crippen molar-refractivity contribution < 1.29 is 62.3 Å². The van der Waals surface area contributed by atoms with E-state index in [2.05, 4.69) is 20.5 Å². The van der Waals surface area contributed by atoms with Gasteiger partial charge in [-0.25, -0.2) is 9.55 Å². The van der Waals surface area contributed by atoms with Crippen LogP contribution in [0.3, 0.4) is 0 Å². The second-order valence-electron chi connectivity index (χ2n) is 20.3. The van der Waals surface area contributed by atoms with E-state index in [1.807, 2.05) is 55.5 Å². The molecule has 0 spiro atoms. The number of phosphoric acid groups is 1. The number of hydrogen-bond acceptors (Lipinski definition) is 15. The first kappa shape index (κ1) is 63.4. The maximum Gasteiger partial charge on any atom is 0.524 e. The zero-order chi connectivity index (χ0) is 54.8. The molecule has 73 heavy (non-hydrogen) atoms. The Bertz CT molecular complexity index is 2240. The van der Waals surface area contributed by atoms with E-state index in [1.54, 1.807) is 33.5 Å². The second-order valence-corrected chi connectivity index (χ2v) is 25.5. The number of phosphoric ester groups is 1. The average Bonchev–Trinajstić information content (AvgIpc) is 3.81. The van der Waals surface area contributed by atoms with E-state index in [0.717, 1.165) is 49.3 Å². The van der Waals surface area contributed by atoms with Crippen molar-refractivity contribution in [1.29, 1.82) is 0 Å². The van der Waals surface area contributed by atoms with Crippen LogP contribution in [0.15, 0.2) is 23.6 Å². The summed E-state index contributed by atoms with van der Waals surface area (Å²) in [7, 11) is 1.83. The molecule has 18 nitrogen and oxygen atoms in total. The van der Waals surface area contributed by atoms with Crippen LogP contribution in [0.25, 0.3) is 0 Å². The summed E-state index contributed by atoms with van der Waals surface area (Å²) in [4.78, 5) is 119. The third-order valence-corrected chi connectivity index (χ3v) is 18.2. The number of carboxylic acids is 1. The van der Waals surface area contributed by atoms with Crippen molar-refractivity contribution in [1.82, 2.24) is 20.1 Å². The minimum absolute atomic E-state index is 0.0249. The lowest BCUT2D eigenvalue weighted by atomic mass is 9.83. The van der Waals surface area contributed by atoms with E-state index in [-0.39, 0.29) is 89.3 Å². The van der Waals surface area contributed by atoms with Crippen molar-refractivity contribution in [2.45, 2.75) is 175 Å². The lowest BCUT2D eigenvalue weighted by molar-refractivity contribution is -0.149. The van der Waals surface area contributed by atoms with Gasteiger partial charge in [0.05, 0.1) is 17.6 Å². The molecule has 5 N–H and O–H groups in total. The van der Waals surface area contributed by atoms with Crippen LogP contribution >= 0.6 is 40.7 Å². The monoisotopic (exact) mass is 1100 g/mol. The highest BCUT2D eigenvalue weighted by molar-refractivity contribution is 8.77. The Kier molecular flexibility index (Phi) is 26.1. The van der Waals surface area contributed by atoms with Crippen molar-refractivity contribution in [3.63, 3.8) is 0 Å². The van der Waals surface area contributed by atoms with Gasteiger partial charge in [0, 0.05) is 80.0 Å². The number of piperidine rings is 1. The number of anilines is 1. The molecule has 1 aromatic heterocycles. The quantitative estimate of drug-likeness (QED) is 0.0198. The first-order chi connectivity index (χ1) is 34.1. The fourth-order valence-corrected chi connectivity index (χ4v) is 12.7. The fourth-order valence-electron chi connectivity index (χ4n) is 8.76. The number of benzene rings is 1. The Labute approximate surface area is 443 Å². The molecule has 3 rings (SSSR count). The Hall–Kier alpha value is -3.85. The zero-order valence-electron chi connectivity index (χ0n) is 44.5. The number of likely N-dealkylation sites (tertiary alicyclic amines) is 1. The maximum absolute atomic E-state index is 14.4. The standard InChI is InChI=1S/C51H80N5O13PS3/c1-12-32(5)38(28-43(59)41-18-14-15-23-55(41)10)49(62)56(11)42(31(3)4)29-45(68-34(7)57)48-54-40(30-71-48)47(61)52-36(25-33(6)50(63)64)26-35-19-20-44(69-70(65,66)67)39(27-35)53-46(60)21-22-51(8,9)73-72-24-16-17-37(58)13-2/h19-20,27,30-33,36,38,41-42,45H,12-18,21-26,28-29H2,1-11H3,(H,52,61)(H,53,60)(H,63,64)(H2,65,66,67)/t32-,33?,36+,38?,41+,42+,45+/m0/s1. The molecule has 3 amide bonds. The third kappa shape index (κ3) is 21.7. The molecule has 1 aromatic carbocycles. The number of aliphatic carboxylic acids is 1. The molecule has 1 saturated heterocycles. The molecule has 0 aliphatic carbocycles. The highest BCUT2D eigenvalue weighted by Crippen LogP contribution is 2.43. The average molecular weight is 1100 g/mol. The van der Waals surface area contributed by atoms with Crippen molar-refractivity contribution >= 4 is 87.7 Å². The van der Waals surface area contributed by atoms with E-state index < -0.39 is 61.6 Å². The van der Waals surface area contributed by atoms with Gasteiger partial charge < -0.3 is 29.9 Å². The van der Waals surface area contributed by atoms with Crippen LogP contribution in [-0.2, 0) is 44.5 Å². The number of carboxylic acid groups (broad SMARTS) is 1. The predicted molar refractivity (Wildman–Crippen MR) is 287 cm³/mol. The number of carbonyl (C=O) groups excluding carboxylic acids is 6. The molecule has 1 aliphatic heterocycles. The molecule has 0 saturated carbocycles. The van der Waals surface area contributed by atoms with E-state index in [1.165, 1.54) is 37.4 Å². The van der Waals surface area contributed by atoms with Gasteiger partial charge in [0.25, 0.3) is 5.91 Å². The summed E-state index contributed by atoms with van der Waals surface area (Å²) in [6.45, 7) is 17.3. The summed E-state index contributed by atoms with van der Waals surface area (Å²) in [6.07, 6.45) is 5.09. The number of hydrogen-bond donors (Lipinski definition) is 5. The number of ether oxygens (including phenoxy) is 1. The number of carbonyl (C=O) groups is 7. The van der Waals surface area contributed by atoms with E-state index in [9.17, 15) is 53.0 Å². The summed E-state index contributed by atoms with van der Waals surface area (Å²) in [5, 5.41) is 17.3. The summed E-state index contributed by atoms with van der Waals surface area (Å²) in [5.74, 6) is -3.85. The Morgan fingerprint density at radius 3 is 2.34 bits per heavy atom. The van der Waals surface area contributed by atoms with Crippen LogP contribution in [-0.4, -0.2) is 120 Å². The fraction of sp³-hybridized carbons (Fsp3) is 0.686. The number of Topliss-reactive ketones (excluding diaryl/α,β-unsaturated/α-hetero) is 2. The summed E-state index contributed by atoms with van der Waals surface area (Å²) in [5.41, 5.74) is 0.410. The summed E-state index contributed by atoms with van der Waals surface area (Å²) >= 11 is 1.09. The van der Waals surface area contributed by atoms with Crippen molar-refractivity contribution in [3.05, 3.63) is 39.8 Å². The normalized spacial score (nSPS) is 16.9. The lowest BCUT2D eigenvalue weighted by Gasteiger charge is -2.37. The van der Waals surface area contributed by atoms with Crippen LogP contribution < -0.4 is 15.2 Å². The molecule has 1 fully saturated rings. The SMILES string of the molecule is CCC(=O)CCCSSC(C)(C)CCC(=O)Nc1cc(C[C@@H](CC(C)C(=O)O)NC(=O)c2csc([C@@H](C[C@H](C(C)C)N(C)C(=O)C(CC(=O)[C@H]3CCCCN3C)[C@@H](C)CC)OC(C)=O)n2)ccc1OP(=O)(O)O. The molecule has 2 heterocycles. The number of esters is 1. The van der Waals surface area contributed by atoms with Crippen LogP contribution in [0, 0.1) is 23.7 Å². The number of nitrogens with one attached hydrogen (secondary N) is 2. The van der Waals surface area contributed by atoms with Gasteiger partial charge in [-0.3, -0.25) is 48.2 Å². The van der Waals surface area contributed by atoms with Gasteiger partial charge in [-0.1, -0.05) is 82.0 Å². The molecule has 22 heteroatoms. The molecular formula is C51H80N5O13PS3. The Balaban J connectivity index is 1.84. The van der Waals surface area contributed by atoms with Gasteiger partial charge in [-0.2, -0.15) is 0 Å². The minimum atomic E-state index is -5.07. The topological polar surface area (TPSA) is 259 Å². The van der Waals surface area contributed by atoms with Gasteiger partial charge in [-0.15, -0.1) is 11.3 Å². The Morgan fingerprint density at radius 1 is 1.04 bits per heavy atom. The number of rotatable bonds is 32. The molecule has 410 valence electrons. The molecule has 7 atom stereocenters. The summed E-state index contributed by atoms with van der Waals surface area (Å²) < 4.78 is 22.4. The lowest BCUT2D eigenvalue weighted by Crippen LogP contribution is -2.48. The number of thiazole rings is 1. The summed E-state index contributed by atoms with van der Waals surface area (Å²) in [6, 6.07) is 2.72. The van der Waals surface area contributed by atoms with Crippen molar-refractivity contribution in [2.24, 2.45) is 23.7 Å². The molecule has 1 aliphatic rings. The molecule has 2 unspecified atom stereocenters. The van der Waals surface area contributed by atoms with Crippen molar-refractivity contribution in [3.8, 4) is 5.75 Å². The smallest absolute Gasteiger partial charge is 0.481 e. The minimum Gasteiger partial charge on any atom is -0.481 e. The van der Waals surface area contributed by atoms with E-state index in [0.29, 0.717) is 36.3 Å². The number of aromatic nitrogens is 1. The van der Waals surface area contributed by atoms with Crippen molar-refractivity contribution in [2.75, 3.05) is 31.7 Å². The highest BCUT2D eigenvalue weighted by Gasteiger charge is 2.38. The first-order valence-electron chi connectivity index (χ1n) is 25.3. The number of likely N-dealkylation sites (N-methyl/N-ethyl adjacent to an activating group) is 1. The van der Waals surface area contributed by atoms with Crippen LogP contribution in [0.1, 0.15) is 167 Å². The highest BCUT2D eigenvalue weighted by atomic mass is 33.1. The molecular weight excluding hydrogens is 1020 g/mol. The van der Waals surface area contributed by atoms with Gasteiger partial charge in [0.1, 0.15) is 16.5 Å². The second kappa shape index (κ2) is 30.0. The van der Waals surface area contributed by atoms with Gasteiger partial charge in [-0.05, 0) is 95.5 Å². The van der Waals surface area contributed by atoms with Gasteiger partial charge in [0.15, 0.2) is 17.6 Å². The zero-order valence-corrected chi connectivity index (χ0v) is 47.8. The molecule has 0 bridgehead atoms. The van der Waals surface area contributed by atoms with Crippen LogP contribution in [0.2, 0.25) is 0 Å². The molecule has 0 radical (unpaired) electrons. The Morgan fingerprint density at radius 2 is 1.74 bits per heavy atom. The van der Waals surface area contributed by atoms with Crippen LogP contribution in [0.5, 0.6) is 5.75 Å². The number of amides is 3.